The van der Waals surface area contributed by atoms with Gasteiger partial charge in [-0.1, -0.05) is 13.8 Å². The number of carbonyl (C=O) groups excluding carboxylic acids is 1. The predicted octanol–water partition coefficient (Wildman–Crippen LogP) is 1.76. The Kier molecular flexibility index (Phi) is 5.72. The molecule has 25 heavy (non-hydrogen) atoms. The highest BCUT2D eigenvalue weighted by atomic mass is 32.2. The SMILES string of the molecule is Cc1cc(N2CCCS2(=O)=O)ccc1C(=O)NC(CC(C)C)C(=O)O. The molecule has 0 spiro atoms. The first-order valence-corrected chi connectivity index (χ1v) is 9.87. The molecule has 1 atom stereocenters. The van der Waals surface area contributed by atoms with Crippen LogP contribution >= 0.6 is 0 Å². The van der Waals surface area contributed by atoms with Crippen molar-refractivity contribution in [2.24, 2.45) is 5.92 Å². The maximum atomic E-state index is 12.4. The molecule has 1 amide bonds. The second-order valence-electron chi connectivity index (χ2n) is 6.73. The number of amides is 1. The Hall–Kier alpha value is -2.09. The van der Waals surface area contributed by atoms with Gasteiger partial charge in [0.25, 0.3) is 5.91 Å². The number of rotatable bonds is 6. The minimum absolute atomic E-state index is 0.129. The van der Waals surface area contributed by atoms with Crippen molar-refractivity contribution in [3.8, 4) is 0 Å². The quantitative estimate of drug-likeness (QED) is 0.796. The summed E-state index contributed by atoms with van der Waals surface area (Å²) in [5.74, 6) is -1.28. The highest BCUT2D eigenvalue weighted by Crippen LogP contribution is 2.26. The molecule has 8 heteroatoms. The van der Waals surface area contributed by atoms with Gasteiger partial charge >= 0.3 is 5.97 Å². The molecule has 0 radical (unpaired) electrons. The lowest BCUT2D eigenvalue weighted by Crippen LogP contribution is -2.41. The second kappa shape index (κ2) is 7.43. The molecule has 2 rings (SSSR count). The number of hydrogen-bond donors (Lipinski definition) is 2. The number of benzene rings is 1. The average molecular weight is 368 g/mol. The van der Waals surface area contributed by atoms with E-state index in [1.54, 1.807) is 25.1 Å². The van der Waals surface area contributed by atoms with Crippen LogP contribution in [0.5, 0.6) is 0 Å². The van der Waals surface area contributed by atoms with E-state index >= 15 is 0 Å². The van der Waals surface area contributed by atoms with E-state index in [9.17, 15) is 23.1 Å². The van der Waals surface area contributed by atoms with Gasteiger partial charge in [-0.15, -0.1) is 0 Å². The molecule has 1 unspecified atom stereocenters. The number of sulfonamides is 1. The van der Waals surface area contributed by atoms with Crippen molar-refractivity contribution in [3.05, 3.63) is 29.3 Å². The summed E-state index contributed by atoms with van der Waals surface area (Å²) in [5, 5.41) is 11.8. The van der Waals surface area contributed by atoms with Crippen LogP contribution in [0.2, 0.25) is 0 Å². The van der Waals surface area contributed by atoms with Gasteiger partial charge in [0.2, 0.25) is 10.0 Å². The molecule has 1 heterocycles. The van der Waals surface area contributed by atoms with Crippen LogP contribution in [-0.2, 0) is 14.8 Å². The van der Waals surface area contributed by atoms with Gasteiger partial charge in [-0.25, -0.2) is 13.2 Å². The fourth-order valence-electron chi connectivity index (χ4n) is 2.92. The third-order valence-corrected chi connectivity index (χ3v) is 6.02. The van der Waals surface area contributed by atoms with Crippen molar-refractivity contribution >= 4 is 27.6 Å². The largest absolute Gasteiger partial charge is 0.480 e. The second-order valence-corrected chi connectivity index (χ2v) is 8.75. The van der Waals surface area contributed by atoms with Gasteiger partial charge in [0.05, 0.1) is 11.4 Å². The molecule has 1 aromatic carbocycles. The molecule has 1 aliphatic rings. The van der Waals surface area contributed by atoms with Crippen LogP contribution in [0.1, 0.15) is 42.6 Å². The van der Waals surface area contributed by atoms with Gasteiger partial charge in [0.15, 0.2) is 0 Å². The summed E-state index contributed by atoms with van der Waals surface area (Å²) in [6.45, 7) is 5.92. The van der Waals surface area contributed by atoms with Crippen LogP contribution in [0.15, 0.2) is 18.2 Å². The summed E-state index contributed by atoms with van der Waals surface area (Å²) in [7, 11) is -3.28. The number of hydrogen-bond acceptors (Lipinski definition) is 4. The van der Waals surface area contributed by atoms with Crippen LogP contribution < -0.4 is 9.62 Å². The van der Waals surface area contributed by atoms with E-state index < -0.39 is 27.9 Å². The van der Waals surface area contributed by atoms with Crippen LogP contribution in [0, 0.1) is 12.8 Å². The van der Waals surface area contributed by atoms with E-state index in [1.165, 1.54) is 4.31 Å². The van der Waals surface area contributed by atoms with Gasteiger partial charge in [-0.2, -0.15) is 0 Å². The number of anilines is 1. The highest BCUT2D eigenvalue weighted by Gasteiger charge is 2.29. The van der Waals surface area contributed by atoms with Gasteiger partial charge in [0.1, 0.15) is 6.04 Å². The zero-order valence-corrected chi connectivity index (χ0v) is 15.5. The monoisotopic (exact) mass is 368 g/mol. The van der Waals surface area contributed by atoms with E-state index in [2.05, 4.69) is 5.32 Å². The minimum Gasteiger partial charge on any atom is -0.480 e. The van der Waals surface area contributed by atoms with E-state index in [1.807, 2.05) is 13.8 Å². The molecule has 1 aliphatic heterocycles. The Morgan fingerprint density at radius 1 is 1.32 bits per heavy atom. The maximum absolute atomic E-state index is 12.4. The fraction of sp³-hybridized carbons (Fsp3) is 0.529. The van der Waals surface area contributed by atoms with Gasteiger partial charge in [-0.3, -0.25) is 9.10 Å². The zero-order valence-electron chi connectivity index (χ0n) is 14.7. The molecular weight excluding hydrogens is 344 g/mol. The molecule has 0 bridgehead atoms. The standard InChI is InChI=1S/C17H24N2O5S/c1-11(2)9-15(17(21)22)18-16(20)14-6-5-13(10-12(14)3)19-7-4-8-25(19,23)24/h5-6,10-11,15H,4,7-9H2,1-3H3,(H,18,20)(H,21,22). The maximum Gasteiger partial charge on any atom is 0.326 e. The van der Waals surface area contributed by atoms with Crippen molar-refractivity contribution in [2.75, 3.05) is 16.6 Å². The first-order chi connectivity index (χ1) is 11.6. The topological polar surface area (TPSA) is 104 Å². The number of nitrogens with one attached hydrogen (secondary N) is 1. The molecule has 7 nitrogen and oxygen atoms in total. The number of nitrogens with zero attached hydrogens (tertiary/aromatic N) is 1. The Labute approximate surface area is 148 Å². The normalized spacial score (nSPS) is 17.5. The van der Waals surface area contributed by atoms with Crippen molar-refractivity contribution in [1.29, 1.82) is 0 Å². The Morgan fingerprint density at radius 2 is 2.00 bits per heavy atom. The number of carboxylic acids is 1. The number of carbonyl (C=O) groups is 2. The molecule has 0 saturated carbocycles. The molecule has 0 aliphatic carbocycles. The Morgan fingerprint density at radius 3 is 2.48 bits per heavy atom. The molecule has 138 valence electrons. The Balaban J connectivity index is 2.20. The lowest BCUT2D eigenvalue weighted by atomic mass is 10.0. The average Bonchev–Trinajstić information content (AvgIpc) is 2.85. The Bertz CT molecular complexity index is 773. The summed E-state index contributed by atoms with van der Waals surface area (Å²) < 4.78 is 25.3. The lowest BCUT2D eigenvalue weighted by Gasteiger charge is -2.20. The van der Waals surface area contributed by atoms with E-state index in [0.29, 0.717) is 36.2 Å². The van der Waals surface area contributed by atoms with Crippen molar-refractivity contribution in [1.82, 2.24) is 5.32 Å². The summed E-state index contributed by atoms with van der Waals surface area (Å²) in [6.07, 6.45) is 0.920. The molecule has 0 aromatic heterocycles. The van der Waals surface area contributed by atoms with Crippen molar-refractivity contribution in [2.45, 2.75) is 39.7 Å². The van der Waals surface area contributed by atoms with E-state index in [0.717, 1.165) is 0 Å². The summed E-state index contributed by atoms with van der Waals surface area (Å²) in [6, 6.07) is 3.83. The third kappa shape index (κ3) is 4.50. The van der Waals surface area contributed by atoms with Crippen LogP contribution in [-0.4, -0.2) is 43.7 Å². The summed E-state index contributed by atoms with van der Waals surface area (Å²) in [5.41, 5.74) is 1.48. The number of aryl methyl sites for hydroxylation is 1. The molecule has 2 N–H and O–H groups in total. The van der Waals surface area contributed by atoms with Gasteiger partial charge in [-0.05, 0) is 49.4 Å². The highest BCUT2D eigenvalue weighted by molar-refractivity contribution is 7.93. The van der Waals surface area contributed by atoms with Crippen LogP contribution in [0.4, 0.5) is 5.69 Å². The fourth-order valence-corrected chi connectivity index (χ4v) is 4.47. The molecule has 1 saturated heterocycles. The number of carboxylic acid groups (broad SMARTS) is 1. The summed E-state index contributed by atoms with van der Waals surface area (Å²) >= 11 is 0. The van der Waals surface area contributed by atoms with Crippen LogP contribution in [0.25, 0.3) is 0 Å². The zero-order chi connectivity index (χ0) is 18.8. The van der Waals surface area contributed by atoms with Gasteiger partial charge < -0.3 is 10.4 Å². The molecule has 1 aromatic rings. The molecule has 1 fully saturated rings. The predicted molar refractivity (Wildman–Crippen MR) is 95.3 cm³/mol. The van der Waals surface area contributed by atoms with Crippen molar-refractivity contribution in [3.63, 3.8) is 0 Å². The van der Waals surface area contributed by atoms with Gasteiger partial charge in [0, 0.05) is 12.1 Å². The summed E-state index contributed by atoms with van der Waals surface area (Å²) in [4.78, 5) is 23.7. The molecular formula is C17H24N2O5S. The first-order valence-electron chi connectivity index (χ1n) is 8.26. The third-order valence-electron chi connectivity index (χ3n) is 4.15. The first kappa shape index (κ1) is 19.2. The van der Waals surface area contributed by atoms with E-state index in [4.69, 9.17) is 0 Å². The van der Waals surface area contributed by atoms with Crippen LogP contribution in [0.3, 0.4) is 0 Å². The van der Waals surface area contributed by atoms with E-state index in [-0.39, 0.29) is 11.7 Å². The number of aliphatic carboxylic acids is 1. The smallest absolute Gasteiger partial charge is 0.326 e. The minimum atomic E-state index is -3.28. The van der Waals surface area contributed by atoms with Crippen molar-refractivity contribution < 1.29 is 23.1 Å². The lowest BCUT2D eigenvalue weighted by molar-refractivity contribution is -0.139.